The monoisotopic (exact) mass is 391 g/mol. The van der Waals surface area contributed by atoms with Gasteiger partial charge in [-0.25, -0.2) is 14.6 Å². The molecule has 140 valence electrons. The molecule has 0 saturated heterocycles. The number of amides is 1. The van der Waals surface area contributed by atoms with Crippen LogP contribution < -0.4 is 10.1 Å². The second kappa shape index (κ2) is 8.45. The predicted molar refractivity (Wildman–Crippen MR) is 106 cm³/mol. The number of rotatable bonds is 7. The largest absolute Gasteiger partial charge is 0.486 e. The topological polar surface area (TPSA) is 81.9 Å². The van der Waals surface area contributed by atoms with E-state index in [-0.39, 0.29) is 5.91 Å². The van der Waals surface area contributed by atoms with Gasteiger partial charge >= 0.3 is 0 Å². The Balaban J connectivity index is 1.42. The normalized spacial score (nSPS) is 10.6. The zero-order chi connectivity index (χ0) is 19.2. The molecular formula is C20H17N5O2S. The van der Waals surface area contributed by atoms with Gasteiger partial charge in [0, 0.05) is 11.1 Å². The molecule has 8 heteroatoms. The van der Waals surface area contributed by atoms with Gasteiger partial charge in [-0.1, -0.05) is 24.3 Å². The van der Waals surface area contributed by atoms with E-state index in [1.54, 1.807) is 28.7 Å². The Morgan fingerprint density at radius 3 is 2.75 bits per heavy atom. The first-order chi connectivity index (χ1) is 13.8. The first-order valence-electron chi connectivity index (χ1n) is 8.59. The van der Waals surface area contributed by atoms with Gasteiger partial charge in [-0.2, -0.15) is 5.10 Å². The summed E-state index contributed by atoms with van der Waals surface area (Å²) in [5.74, 6) is 0.300. The van der Waals surface area contributed by atoms with Crippen molar-refractivity contribution in [2.24, 2.45) is 0 Å². The third-order valence-corrected chi connectivity index (χ3v) is 4.65. The van der Waals surface area contributed by atoms with E-state index < -0.39 is 0 Å². The second-order valence-corrected chi connectivity index (χ2v) is 6.73. The molecule has 0 aliphatic carbocycles. The molecule has 0 aliphatic heterocycles. The lowest BCUT2D eigenvalue weighted by molar-refractivity contribution is 0.102. The zero-order valence-corrected chi connectivity index (χ0v) is 15.7. The highest BCUT2D eigenvalue weighted by Crippen LogP contribution is 2.21. The van der Waals surface area contributed by atoms with Crippen molar-refractivity contribution in [3.05, 3.63) is 88.9 Å². The first-order valence-corrected chi connectivity index (χ1v) is 9.54. The number of hydrogen-bond acceptors (Lipinski definition) is 6. The van der Waals surface area contributed by atoms with Crippen LogP contribution in [0.25, 0.3) is 0 Å². The number of anilines is 1. The number of benzene rings is 2. The van der Waals surface area contributed by atoms with E-state index in [4.69, 9.17) is 4.74 Å². The van der Waals surface area contributed by atoms with E-state index in [0.29, 0.717) is 30.2 Å². The number of nitrogens with one attached hydrogen (secondary N) is 1. The van der Waals surface area contributed by atoms with Crippen LogP contribution in [0, 0.1) is 0 Å². The summed E-state index contributed by atoms with van der Waals surface area (Å²) in [4.78, 5) is 20.8. The minimum absolute atomic E-state index is 0.224. The SMILES string of the molecule is O=C(Nc1ccc(Cn2cncn2)cc1)c1ccccc1OCc1cscn1. The van der Waals surface area contributed by atoms with E-state index in [2.05, 4.69) is 20.4 Å². The van der Waals surface area contributed by atoms with Crippen molar-refractivity contribution in [1.82, 2.24) is 19.7 Å². The summed E-state index contributed by atoms with van der Waals surface area (Å²) in [5, 5.41) is 8.92. The molecule has 0 atom stereocenters. The summed E-state index contributed by atoms with van der Waals surface area (Å²) in [6.07, 6.45) is 3.17. The van der Waals surface area contributed by atoms with Gasteiger partial charge < -0.3 is 10.1 Å². The van der Waals surface area contributed by atoms with Crippen LogP contribution in [0.4, 0.5) is 5.69 Å². The lowest BCUT2D eigenvalue weighted by atomic mass is 10.1. The lowest BCUT2D eigenvalue weighted by Crippen LogP contribution is -2.13. The van der Waals surface area contributed by atoms with Crippen molar-refractivity contribution in [2.45, 2.75) is 13.2 Å². The highest BCUT2D eigenvalue weighted by atomic mass is 32.1. The van der Waals surface area contributed by atoms with Crippen LogP contribution in [0.2, 0.25) is 0 Å². The van der Waals surface area contributed by atoms with E-state index in [1.165, 1.54) is 17.7 Å². The number of nitrogens with zero attached hydrogens (tertiary/aromatic N) is 4. The molecule has 0 bridgehead atoms. The molecule has 2 aromatic heterocycles. The number of para-hydroxylation sites is 1. The minimum Gasteiger partial charge on any atom is -0.486 e. The average molecular weight is 391 g/mol. The average Bonchev–Trinajstić information content (AvgIpc) is 3.42. The fourth-order valence-corrected chi connectivity index (χ4v) is 3.18. The standard InChI is InChI=1S/C20H17N5O2S/c26-20(18-3-1-2-4-19(18)27-10-17-11-28-14-22-17)24-16-7-5-15(6-8-16)9-25-13-21-12-23-25/h1-8,11-14H,9-10H2,(H,24,26). The molecule has 0 unspecified atom stereocenters. The maximum Gasteiger partial charge on any atom is 0.259 e. The van der Waals surface area contributed by atoms with Crippen LogP contribution in [0.3, 0.4) is 0 Å². The first kappa shape index (κ1) is 17.9. The lowest BCUT2D eigenvalue weighted by Gasteiger charge is -2.11. The number of aromatic nitrogens is 4. The van der Waals surface area contributed by atoms with Gasteiger partial charge in [0.05, 0.1) is 23.3 Å². The van der Waals surface area contributed by atoms with Crippen molar-refractivity contribution in [3.8, 4) is 5.75 Å². The maximum absolute atomic E-state index is 12.7. The maximum atomic E-state index is 12.7. The molecule has 4 aromatic rings. The van der Waals surface area contributed by atoms with Gasteiger partial charge in [-0.05, 0) is 29.8 Å². The van der Waals surface area contributed by atoms with Crippen molar-refractivity contribution in [2.75, 3.05) is 5.32 Å². The number of hydrogen-bond donors (Lipinski definition) is 1. The Bertz CT molecular complexity index is 1030. The van der Waals surface area contributed by atoms with Gasteiger partial charge in [0.2, 0.25) is 0 Å². The van der Waals surface area contributed by atoms with E-state index >= 15 is 0 Å². The minimum atomic E-state index is -0.224. The fraction of sp³-hybridized carbons (Fsp3) is 0.100. The van der Waals surface area contributed by atoms with Gasteiger partial charge in [0.1, 0.15) is 25.0 Å². The van der Waals surface area contributed by atoms with E-state index in [0.717, 1.165) is 11.3 Å². The summed E-state index contributed by atoms with van der Waals surface area (Å²) in [7, 11) is 0. The molecule has 2 aromatic carbocycles. The molecular weight excluding hydrogens is 374 g/mol. The molecule has 0 radical (unpaired) electrons. The van der Waals surface area contributed by atoms with Gasteiger partial charge in [-0.3, -0.25) is 4.79 Å². The zero-order valence-electron chi connectivity index (χ0n) is 14.9. The molecule has 1 amide bonds. The fourth-order valence-electron chi connectivity index (χ4n) is 2.63. The molecule has 0 spiro atoms. The van der Waals surface area contributed by atoms with Crippen molar-refractivity contribution in [3.63, 3.8) is 0 Å². The van der Waals surface area contributed by atoms with Crippen LogP contribution in [0.1, 0.15) is 21.6 Å². The van der Waals surface area contributed by atoms with Gasteiger partial charge in [-0.15, -0.1) is 11.3 Å². The Hall–Kier alpha value is -3.52. The summed E-state index contributed by atoms with van der Waals surface area (Å²) in [6, 6.07) is 14.8. The molecule has 7 nitrogen and oxygen atoms in total. The number of ether oxygens (including phenoxy) is 1. The Labute approximate surface area is 165 Å². The summed E-state index contributed by atoms with van der Waals surface area (Å²) in [5.41, 5.74) is 4.84. The molecule has 28 heavy (non-hydrogen) atoms. The molecule has 0 fully saturated rings. The van der Waals surface area contributed by atoms with Crippen LogP contribution >= 0.6 is 11.3 Å². The quantitative estimate of drug-likeness (QED) is 0.520. The van der Waals surface area contributed by atoms with Crippen molar-refractivity contribution < 1.29 is 9.53 Å². The third kappa shape index (κ3) is 4.41. The van der Waals surface area contributed by atoms with E-state index in [1.807, 2.05) is 41.8 Å². The van der Waals surface area contributed by atoms with Crippen LogP contribution in [-0.4, -0.2) is 25.7 Å². The smallest absolute Gasteiger partial charge is 0.259 e. The Morgan fingerprint density at radius 1 is 1.14 bits per heavy atom. The summed E-state index contributed by atoms with van der Waals surface area (Å²) < 4.78 is 7.53. The second-order valence-electron chi connectivity index (χ2n) is 6.01. The Morgan fingerprint density at radius 2 is 2.00 bits per heavy atom. The molecule has 2 heterocycles. The van der Waals surface area contributed by atoms with Crippen molar-refractivity contribution in [1.29, 1.82) is 0 Å². The summed E-state index contributed by atoms with van der Waals surface area (Å²) >= 11 is 1.51. The predicted octanol–water partition coefficient (Wildman–Crippen LogP) is 3.61. The Kier molecular flexibility index (Phi) is 5.39. The molecule has 1 N–H and O–H groups in total. The molecule has 0 aliphatic rings. The number of carbonyl (C=O) groups excluding carboxylic acids is 1. The van der Waals surface area contributed by atoms with Gasteiger partial charge in [0.25, 0.3) is 5.91 Å². The molecule has 0 saturated carbocycles. The van der Waals surface area contributed by atoms with E-state index in [9.17, 15) is 4.79 Å². The van der Waals surface area contributed by atoms with Crippen LogP contribution in [0.15, 0.2) is 72.1 Å². The molecule has 4 rings (SSSR count). The van der Waals surface area contributed by atoms with Gasteiger partial charge in [0.15, 0.2) is 0 Å². The number of carbonyl (C=O) groups is 1. The highest BCUT2D eigenvalue weighted by molar-refractivity contribution is 7.07. The third-order valence-electron chi connectivity index (χ3n) is 4.01. The van der Waals surface area contributed by atoms with Crippen LogP contribution in [-0.2, 0) is 13.2 Å². The number of thiazole rings is 1. The van der Waals surface area contributed by atoms with Crippen molar-refractivity contribution >= 4 is 22.9 Å². The van der Waals surface area contributed by atoms with Crippen LogP contribution in [0.5, 0.6) is 5.75 Å². The summed E-state index contributed by atoms with van der Waals surface area (Å²) in [6.45, 7) is 0.951. The highest BCUT2D eigenvalue weighted by Gasteiger charge is 2.13.